The van der Waals surface area contributed by atoms with E-state index in [-0.39, 0.29) is 39.4 Å². The van der Waals surface area contributed by atoms with Crippen molar-refractivity contribution in [3.05, 3.63) is 96.4 Å². The van der Waals surface area contributed by atoms with Crippen molar-refractivity contribution in [3.8, 4) is 0 Å². The van der Waals surface area contributed by atoms with Gasteiger partial charge in [0.25, 0.3) is 5.56 Å². The maximum absolute atomic E-state index is 13.7. The second-order valence-corrected chi connectivity index (χ2v) is 8.78. The fourth-order valence-electron chi connectivity index (χ4n) is 3.96. The highest BCUT2D eigenvalue weighted by Gasteiger charge is 2.39. The van der Waals surface area contributed by atoms with Crippen molar-refractivity contribution >= 4 is 40.7 Å². The smallest absolute Gasteiger partial charge is 0.338 e. The van der Waals surface area contributed by atoms with Crippen LogP contribution in [0.5, 0.6) is 0 Å². The largest absolute Gasteiger partial charge is 0.463 e. The molecular formula is C26H22F2N2O5S. The van der Waals surface area contributed by atoms with Gasteiger partial charge < -0.3 is 15.2 Å². The summed E-state index contributed by atoms with van der Waals surface area (Å²) in [5.41, 5.74) is 6.63. The van der Waals surface area contributed by atoms with E-state index < -0.39 is 35.1 Å². The molecule has 1 aliphatic rings. The summed E-state index contributed by atoms with van der Waals surface area (Å²) >= 11 is 0.979. The van der Waals surface area contributed by atoms with Gasteiger partial charge in [0.05, 0.1) is 34.8 Å². The molecule has 1 aromatic heterocycles. The average molecular weight is 513 g/mol. The normalized spacial score (nSPS) is 15.6. The van der Waals surface area contributed by atoms with Gasteiger partial charge in [-0.1, -0.05) is 24.3 Å². The van der Waals surface area contributed by atoms with E-state index in [0.717, 1.165) is 15.9 Å². The van der Waals surface area contributed by atoms with E-state index >= 15 is 0 Å². The number of rotatable bonds is 6. The van der Waals surface area contributed by atoms with Gasteiger partial charge in [-0.05, 0) is 55.3 Å². The Morgan fingerprint density at radius 2 is 1.47 bits per heavy atom. The highest BCUT2D eigenvalue weighted by Crippen LogP contribution is 2.37. The van der Waals surface area contributed by atoms with Gasteiger partial charge in [0.2, 0.25) is 0 Å². The molecule has 0 fully saturated rings. The second-order valence-electron chi connectivity index (χ2n) is 7.75. The van der Waals surface area contributed by atoms with E-state index in [2.05, 4.69) is 0 Å². The minimum Gasteiger partial charge on any atom is -0.463 e. The van der Waals surface area contributed by atoms with Crippen LogP contribution in [0.2, 0.25) is 0 Å². The maximum Gasteiger partial charge on any atom is 0.338 e. The monoisotopic (exact) mass is 512 g/mol. The summed E-state index contributed by atoms with van der Waals surface area (Å²) in [5, 5.41) is 0. The van der Waals surface area contributed by atoms with Crippen LogP contribution in [0.1, 0.15) is 30.9 Å². The molecule has 0 amide bonds. The van der Waals surface area contributed by atoms with Crippen LogP contribution < -0.4 is 20.5 Å². The van der Waals surface area contributed by atoms with Gasteiger partial charge in [-0.3, -0.25) is 9.36 Å². The molecule has 0 radical (unpaired) electrons. The Morgan fingerprint density at radius 1 is 0.944 bits per heavy atom. The fourth-order valence-corrected chi connectivity index (χ4v) is 5.13. The summed E-state index contributed by atoms with van der Waals surface area (Å²) in [4.78, 5) is 39.8. The maximum atomic E-state index is 13.7. The first kappa shape index (κ1) is 25.1. The first-order valence-electron chi connectivity index (χ1n) is 11.1. The number of halogens is 2. The molecule has 3 aromatic rings. The van der Waals surface area contributed by atoms with Gasteiger partial charge in [-0.25, -0.2) is 18.4 Å². The molecule has 2 N–H and O–H groups in total. The second kappa shape index (κ2) is 10.3. The topological polar surface area (TPSA) is 101 Å². The lowest BCUT2D eigenvalue weighted by atomic mass is 9.83. The van der Waals surface area contributed by atoms with E-state index in [4.69, 9.17) is 15.2 Å². The van der Waals surface area contributed by atoms with Crippen molar-refractivity contribution in [2.24, 2.45) is 5.73 Å². The highest BCUT2D eigenvalue weighted by molar-refractivity contribution is 7.07. The Labute approximate surface area is 208 Å². The number of nitrogens with zero attached hydrogens (tertiary/aromatic N) is 1. The number of esters is 2. The van der Waals surface area contributed by atoms with Crippen molar-refractivity contribution in [2.45, 2.75) is 19.8 Å². The predicted molar refractivity (Wildman–Crippen MR) is 131 cm³/mol. The average Bonchev–Trinajstić information content (AvgIpc) is 3.17. The Bertz CT molecular complexity index is 1540. The van der Waals surface area contributed by atoms with Gasteiger partial charge in [-0.2, -0.15) is 0 Å². The quantitative estimate of drug-likeness (QED) is 0.509. The van der Waals surface area contributed by atoms with Crippen molar-refractivity contribution < 1.29 is 27.8 Å². The molecule has 1 aliphatic heterocycles. The Balaban J connectivity index is 2.10. The Kier molecular flexibility index (Phi) is 7.16. The molecule has 0 spiro atoms. The van der Waals surface area contributed by atoms with Crippen LogP contribution in [0.15, 0.2) is 58.9 Å². The van der Waals surface area contributed by atoms with E-state index in [1.165, 1.54) is 54.6 Å². The van der Waals surface area contributed by atoms with Crippen LogP contribution in [0.4, 0.5) is 8.78 Å². The molecule has 0 unspecified atom stereocenters. The molecule has 2 heterocycles. The van der Waals surface area contributed by atoms with Gasteiger partial charge >= 0.3 is 11.9 Å². The molecule has 7 nitrogen and oxygen atoms in total. The molecule has 36 heavy (non-hydrogen) atoms. The van der Waals surface area contributed by atoms with E-state index in [1.807, 2.05) is 0 Å². The molecule has 4 rings (SSSR count). The Hall–Kier alpha value is -4.05. The van der Waals surface area contributed by atoms with Gasteiger partial charge in [-0.15, -0.1) is 11.3 Å². The van der Waals surface area contributed by atoms with Crippen LogP contribution >= 0.6 is 11.3 Å². The molecule has 186 valence electrons. The third-order valence-corrected chi connectivity index (χ3v) is 6.62. The number of fused-ring (bicyclic) bond motifs is 1. The van der Waals surface area contributed by atoms with Crippen molar-refractivity contribution in [1.82, 2.24) is 4.57 Å². The lowest BCUT2D eigenvalue weighted by molar-refractivity contribution is -0.138. The minimum atomic E-state index is -1.07. The van der Waals surface area contributed by atoms with E-state index in [0.29, 0.717) is 11.1 Å². The lowest BCUT2D eigenvalue weighted by Gasteiger charge is -2.27. The van der Waals surface area contributed by atoms with Crippen LogP contribution in [-0.4, -0.2) is 29.7 Å². The van der Waals surface area contributed by atoms with Gasteiger partial charge in [0.1, 0.15) is 22.1 Å². The predicted octanol–water partition coefficient (Wildman–Crippen LogP) is 2.22. The zero-order valence-corrected chi connectivity index (χ0v) is 20.2. The minimum absolute atomic E-state index is 0.00145. The number of aromatic nitrogens is 1. The summed E-state index contributed by atoms with van der Waals surface area (Å²) in [6, 6.07) is 10.8. The first-order chi connectivity index (χ1) is 17.3. The molecule has 0 bridgehead atoms. The van der Waals surface area contributed by atoms with E-state index in [9.17, 15) is 23.2 Å². The Morgan fingerprint density at radius 3 is 2.03 bits per heavy atom. The molecule has 2 aromatic carbocycles. The first-order valence-corrected chi connectivity index (χ1v) is 11.9. The van der Waals surface area contributed by atoms with Gasteiger partial charge in [0.15, 0.2) is 0 Å². The van der Waals surface area contributed by atoms with Crippen LogP contribution in [0.3, 0.4) is 0 Å². The lowest BCUT2D eigenvalue weighted by Crippen LogP contribution is -2.42. The third-order valence-electron chi connectivity index (χ3n) is 5.51. The summed E-state index contributed by atoms with van der Waals surface area (Å²) < 4.78 is 39.0. The number of benzene rings is 2. The summed E-state index contributed by atoms with van der Waals surface area (Å²) in [5.74, 6) is -3.79. The third kappa shape index (κ3) is 4.59. The standard InChI is InChI=1S/C26H22F2N2O5S/c1-3-34-25(32)20-19(15-7-11-17(28)12-8-15)21(26(33)35-4-2)24-30(22(20)29)23(31)18(36-24)13-14-5-9-16(27)10-6-14/h5-13,19H,3-4,29H2,1-2H3/b18-13-/t19-/m1/s1. The van der Waals surface area contributed by atoms with Crippen molar-refractivity contribution in [2.75, 3.05) is 13.2 Å². The highest BCUT2D eigenvalue weighted by atomic mass is 32.1. The summed E-state index contributed by atoms with van der Waals surface area (Å²) in [7, 11) is 0. The number of hydrogen-bond donors (Lipinski definition) is 1. The van der Waals surface area contributed by atoms with Crippen LogP contribution in [0, 0.1) is 11.6 Å². The molecule has 0 aliphatic carbocycles. The fraction of sp³-hybridized carbons (Fsp3) is 0.192. The number of thiazole rings is 1. The van der Waals surface area contributed by atoms with Crippen molar-refractivity contribution in [1.29, 1.82) is 0 Å². The number of carbonyl (C=O) groups is 2. The van der Waals surface area contributed by atoms with Crippen molar-refractivity contribution in [3.63, 3.8) is 0 Å². The molecule has 10 heteroatoms. The number of hydrogen-bond acceptors (Lipinski definition) is 7. The zero-order chi connectivity index (χ0) is 26.0. The number of nitrogens with two attached hydrogens (primary N) is 1. The molecule has 0 saturated carbocycles. The SMILES string of the molecule is CCOC(=O)C1=C(N)n2c(s/c(=C\c3ccc(F)cc3)c2=O)=C(C(=O)OCC)[C@@H]1c1ccc(F)cc1. The van der Waals surface area contributed by atoms with Crippen LogP contribution in [0.25, 0.3) is 17.5 Å². The summed E-state index contributed by atoms with van der Waals surface area (Å²) in [6.07, 6.45) is 1.53. The number of carbonyl (C=O) groups excluding carboxylic acids is 2. The molecule has 0 saturated heterocycles. The molecule has 1 atom stereocenters. The summed E-state index contributed by atoms with van der Waals surface area (Å²) in [6.45, 7) is 3.30. The van der Waals surface area contributed by atoms with E-state index in [1.54, 1.807) is 13.8 Å². The van der Waals surface area contributed by atoms with Crippen LogP contribution in [-0.2, 0) is 19.1 Å². The molecular weight excluding hydrogens is 490 g/mol. The van der Waals surface area contributed by atoms with Gasteiger partial charge in [0, 0.05) is 0 Å². The zero-order valence-electron chi connectivity index (χ0n) is 19.4. The number of ether oxygens (including phenoxy) is 2.